The van der Waals surface area contributed by atoms with E-state index in [4.69, 9.17) is 4.74 Å². The van der Waals surface area contributed by atoms with Crippen LogP contribution in [-0.4, -0.2) is 28.4 Å². The van der Waals surface area contributed by atoms with E-state index < -0.39 is 6.29 Å². The number of ether oxygens (including phenoxy) is 1. The van der Waals surface area contributed by atoms with Crippen molar-refractivity contribution in [1.82, 2.24) is 0 Å². The van der Waals surface area contributed by atoms with E-state index in [0.29, 0.717) is 6.42 Å². The molecule has 0 aromatic rings. The zero-order chi connectivity index (χ0) is 11.8. The standard InChI is InChI=1S/C11H20O3S2/c1-2-6-10(12)14-11(13)9-7-4-3-5-8-15-16-9/h9-10,12H,2-8H2,1H3. The summed E-state index contributed by atoms with van der Waals surface area (Å²) in [4.78, 5) is 11.7. The van der Waals surface area contributed by atoms with Crippen LogP contribution in [0.3, 0.4) is 0 Å². The van der Waals surface area contributed by atoms with Gasteiger partial charge < -0.3 is 9.84 Å². The molecule has 0 spiro atoms. The highest BCUT2D eigenvalue weighted by atomic mass is 33.1. The monoisotopic (exact) mass is 264 g/mol. The Morgan fingerprint density at radius 3 is 3.06 bits per heavy atom. The van der Waals surface area contributed by atoms with E-state index in [-0.39, 0.29) is 11.2 Å². The first-order valence-electron chi connectivity index (χ1n) is 5.91. The van der Waals surface area contributed by atoms with Crippen LogP contribution in [0.15, 0.2) is 0 Å². The molecule has 0 amide bonds. The summed E-state index contributed by atoms with van der Waals surface area (Å²) < 4.78 is 5.01. The zero-order valence-electron chi connectivity index (χ0n) is 9.68. The van der Waals surface area contributed by atoms with Gasteiger partial charge in [0.05, 0.1) is 0 Å². The topological polar surface area (TPSA) is 46.5 Å². The van der Waals surface area contributed by atoms with E-state index in [9.17, 15) is 9.90 Å². The first-order chi connectivity index (χ1) is 7.74. The van der Waals surface area contributed by atoms with Gasteiger partial charge in [-0.25, -0.2) is 0 Å². The van der Waals surface area contributed by atoms with Crippen molar-refractivity contribution in [2.45, 2.75) is 57.0 Å². The molecule has 16 heavy (non-hydrogen) atoms. The molecular formula is C11H20O3S2. The fraction of sp³-hybridized carbons (Fsp3) is 0.909. The van der Waals surface area contributed by atoms with Crippen molar-refractivity contribution >= 4 is 27.6 Å². The van der Waals surface area contributed by atoms with Crippen LogP contribution in [0.2, 0.25) is 0 Å². The molecule has 0 radical (unpaired) electrons. The molecule has 3 nitrogen and oxygen atoms in total. The maximum atomic E-state index is 11.7. The zero-order valence-corrected chi connectivity index (χ0v) is 11.3. The second kappa shape index (κ2) is 8.25. The van der Waals surface area contributed by atoms with E-state index in [2.05, 4.69) is 0 Å². The highest BCUT2D eigenvalue weighted by Gasteiger charge is 2.24. The largest absolute Gasteiger partial charge is 0.435 e. The number of aliphatic hydroxyl groups excluding tert-OH is 1. The normalized spacial score (nSPS) is 24.2. The summed E-state index contributed by atoms with van der Waals surface area (Å²) in [5.41, 5.74) is 0. The molecule has 1 N–H and O–H groups in total. The van der Waals surface area contributed by atoms with Crippen molar-refractivity contribution in [2.24, 2.45) is 0 Å². The smallest absolute Gasteiger partial charge is 0.322 e. The van der Waals surface area contributed by atoms with Crippen molar-refractivity contribution in [2.75, 3.05) is 5.75 Å². The van der Waals surface area contributed by atoms with Gasteiger partial charge in [-0.05, 0) is 12.8 Å². The highest BCUT2D eigenvalue weighted by molar-refractivity contribution is 8.77. The molecule has 1 rings (SSSR count). The van der Waals surface area contributed by atoms with Crippen LogP contribution in [0.5, 0.6) is 0 Å². The lowest BCUT2D eigenvalue weighted by Gasteiger charge is -2.19. The average Bonchev–Trinajstić information content (AvgIpc) is 2.16. The molecule has 0 aromatic carbocycles. The van der Waals surface area contributed by atoms with E-state index in [1.807, 2.05) is 6.92 Å². The minimum Gasteiger partial charge on any atom is -0.435 e. The number of aliphatic hydroxyl groups is 1. The van der Waals surface area contributed by atoms with Crippen LogP contribution in [0.1, 0.15) is 45.4 Å². The number of hydrogen-bond donors (Lipinski definition) is 1. The summed E-state index contributed by atoms with van der Waals surface area (Å²) in [7, 11) is 3.34. The Hall–Kier alpha value is 0.130. The number of carbonyl (C=O) groups excluding carboxylic acids is 1. The third-order valence-corrected chi connectivity index (χ3v) is 5.29. The van der Waals surface area contributed by atoms with E-state index >= 15 is 0 Å². The first kappa shape index (κ1) is 14.2. The Bertz CT molecular complexity index is 203. The lowest BCUT2D eigenvalue weighted by atomic mass is 10.1. The molecule has 0 bridgehead atoms. The second-order valence-corrected chi connectivity index (χ2v) is 6.63. The van der Waals surface area contributed by atoms with Crippen LogP contribution in [0.25, 0.3) is 0 Å². The van der Waals surface area contributed by atoms with Crippen molar-refractivity contribution in [3.8, 4) is 0 Å². The van der Waals surface area contributed by atoms with Gasteiger partial charge in [0.25, 0.3) is 0 Å². The predicted octanol–water partition coefficient (Wildman–Crippen LogP) is 2.97. The molecule has 0 saturated carbocycles. The Balaban J connectivity index is 2.32. The van der Waals surface area contributed by atoms with E-state index in [1.165, 1.54) is 12.8 Å². The minimum atomic E-state index is -0.923. The van der Waals surface area contributed by atoms with Crippen molar-refractivity contribution in [3.63, 3.8) is 0 Å². The summed E-state index contributed by atoms with van der Waals surface area (Å²) in [5.74, 6) is 0.853. The minimum absolute atomic E-state index is 0.100. The molecular weight excluding hydrogens is 244 g/mol. The van der Waals surface area contributed by atoms with Crippen molar-refractivity contribution in [3.05, 3.63) is 0 Å². The van der Waals surface area contributed by atoms with Crippen LogP contribution in [0, 0.1) is 0 Å². The van der Waals surface area contributed by atoms with Gasteiger partial charge in [-0.15, -0.1) is 0 Å². The van der Waals surface area contributed by atoms with Gasteiger partial charge in [-0.3, -0.25) is 4.79 Å². The molecule has 2 unspecified atom stereocenters. The van der Waals surface area contributed by atoms with Crippen LogP contribution >= 0.6 is 21.6 Å². The molecule has 94 valence electrons. The van der Waals surface area contributed by atoms with Gasteiger partial charge in [-0.1, -0.05) is 47.8 Å². The number of rotatable bonds is 4. The Morgan fingerprint density at radius 1 is 1.50 bits per heavy atom. The predicted molar refractivity (Wildman–Crippen MR) is 69.3 cm³/mol. The van der Waals surface area contributed by atoms with Gasteiger partial charge in [0.15, 0.2) is 0 Å². The summed E-state index contributed by atoms with van der Waals surface area (Å²) in [6.07, 6.45) is 4.80. The van der Waals surface area contributed by atoms with Gasteiger partial charge in [0, 0.05) is 12.2 Å². The molecule has 1 aliphatic rings. The summed E-state index contributed by atoms with van der Waals surface area (Å²) in [5, 5.41) is 9.32. The summed E-state index contributed by atoms with van der Waals surface area (Å²) in [6.45, 7) is 1.96. The van der Waals surface area contributed by atoms with Crippen LogP contribution in [0.4, 0.5) is 0 Å². The summed E-state index contributed by atoms with van der Waals surface area (Å²) in [6, 6.07) is 0. The fourth-order valence-corrected chi connectivity index (χ4v) is 4.16. The molecule has 1 heterocycles. The SMILES string of the molecule is CCCC(O)OC(=O)C1CCCCCSS1. The number of carbonyl (C=O) groups is 1. The third kappa shape index (κ3) is 5.46. The Morgan fingerprint density at radius 2 is 2.31 bits per heavy atom. The maximum absolute atomic E-state index is 11.7. The van der Waals surface area contributed by atoms with Gasteiger partial charge in [-0.2, -0.15) is 0 Å². The number of hydrogen-bond acceptors (Lipinski definition) is 5. The molecule has 2 atom stereocenters. The van der Waals surface area contributed by atoms with E-state index in [1.54, 1.807) is 21.6 Å². The molecule has 1 saturated heterocycles. The second-order valence-electron chi connectivity index (χ2n) is 3.94. The first-order valence-corrected chi connectivity index (χ1v) is 8.29. The average molecular weight is 264 g/mol. The van der Waals surface area contributed by atoms with Crippen molar-refractivity contribution in [1.29, 1.82) is 0 Å². The quantitative estimate of drug-likeness (QED) is 0.480. The maximum Gasteiger partial charge on any atom is 0.322 e. The molecule has 0 aliphatic carbocycles. The lowest BCUT2D eigenvalue weighted by molar-refractivity contribution is -0.168. The number of esters is 1. The Labute approximate surface area is 105 Å². The summed E-state index contributed by atoms with van der Waals surface area (Å²) >= 11 is 0. The molecule has 0 aromatic heterocycles. The third-order valence-electron chi connectivity index (χ3n) is 2.43. The van der Waals surface area contributed by atoms with Crippen molar-refractivity contribution < 1.29 is 14.6 Å². The fourth-order valence-electron chi connectivity index (χ4n) is 1.52. The molecule has 1 fully saturated rings. The van der Waals surface area contributed by atoms with Crippen LogP contribution < -0.4 is 0 Å². The van der Waals surface area contributed by atoms with Gasteiger partial charge >= 0.3 is 5.97 Å². The van der Waals surface area contributed by atoms with Gasteiger partial charge in [0.1, 0.15) is 5.25 Å². The Kier molecular flexibility index (Phi) is 7.32. The molecule has 5 heteroatoms. The van der Waals surface area contributed by atoms with Crippen LogP contribution in [-0.2, 0) is 9.53 Å². The van der Waals surface area contributed by atoms with E-state index in [0.717, 1.165) is 25.0 Å². The lowest BCUT2D eigenvalue weighted by Crippen LogP contribution is -2.26. The molecule has 1 aliphatic heterocycles. The highest BCUT2D eigenvalue weighted by Crippen LogP contribution is 2.34. The van der Waals surface area contributed by atoms with Gasteiger partial charge in [0.2, 0.25) is 6.29 Å².